The minimum absolute atomic E-state index is 0.101. The molecule has 0 aliphatic rings. The van der Waals surface area contributed by atoms with Crippen LogP contribution in [0, 0.1) is 0 Å². The molecule has 0 unspecified atom stereocenters. The van der Waals surface area contributed by atoms with E-state index in [1.165, 1.54) is 18.7 Å². The van der Waals surface area contributed by atoms with E-state index in [1.54, 1.807) is 11.7 Å². The van der Waals surface area contributed by atoms with Gasteiger partial charge in [0.25, 0.3) is 0 Å². The minimum atomic E-state index is -0.367. The standard InChI is InChI=1S/C7H11N3O2S/c1-5(11)7(10-12)6(3-13-2)9-4-8/h3-4,12H,1-2H3,(H2,8,9)/b6-3-,10-7+. The quantitative estimate of drug-likeness (QED) is 0.301. The van der Waals surface area contributed by atoms with Crippen molar-refractivity contribution < 1.29 is 10.0 Å². The maximum absolute atomic E-state index is 10.9. The summed E-state index contributed by atoms with van der Waals surface area (Å²) in [6.45, 7) is 1.29. The number of aliphatic imine (C=N–C) groups is 1. The molecule has 0 amide bonds. The van der Waals surface area contributed by atoms with Crippen LogP contribution in [0.1, 0.15) is 6.92 Å². The lowest BCUT2D eigenvalue weighted by Gasteiger charge is -1.98. The fourth-order valence-corrected chi connectivity index (χ4v) is 1.04. The number of oxime groups is 1. The molecular weight excluding hydrogens is 190 g/mol. The summed E-state index contributed by atoms with van der Waals surface area (Å²) in [6, 6.07) is 0. The molecule has 0 saturated heterocycles. The fourth-order valence-electron chi connectivity index (χ4n) is 0.641. The summed E-state index contributed by atoms with van der Waals surface area (Å²) >= 11 is 1.34. The summed E-state index contributed by atoms with van der Waals surface area (Å²) in [7, 11) is 0. The molecule has 0 saturated carbocycles. The number of hydrogen-bond acceptors (Lipinski definition) is 5. The summed E-state index contributed by atoms with van der Waals surface area (Å²) in [6.07, 6.45) is 2.83. The molecule has 0 atom stereocenters. The van der Waals surface area contributed by atoms with Crippen molar-refractivity contribution in [2.24, 2.45) is 15.9 Å². The third-order valence-electron chi connectivity index (χ3n) is 1.12. The second-order valence-electron chi connectivity index (χ2n) is 2.02. The van der Waals surface area contributed by atoms with E-state index in [0.29, 0.717) is 0 Å². The number of thioether (sulfide) groups is 1. The number of carbonyl (C=O) groups is 1. The Morgan fingerprint density at radius 2 is 2.23 bits per heavy atom. The van der Waals surface area contributed by atoms with Gasteiger partial charge in [-0.2, -0.15) is 0 Å². The number of allylic oxidation sites excluding steroid dienone is 1. The first-order valence-electron chi connectivity index (χ1n) is 3.38. The lowest BCUT2D eigenvalue weighted by molar-refractivity contribution is -0.111. The van der Waals surface area contributed by atoms with Crippen molar-refractivity contribution in [1.82, 2.24) is 0 Å². The first-order valence-corrected chi connectivity index (χ1v) is 4.66. The number of ketones is 1. The van der Waals surface area contributed by atoms with Gasteiger partial charge in [0.05, 0.1) is 6.34 Å². The molecule has 3 N–H and O–H groups in total. The van der Waals surface area contributed by atoms with Crippen molar-refractivity contribution in [3.8, 4) is 0 Å². The Morgan fingerprint density at radius 3 is 2.54 bits per heavy atom. The van der Waals surface area contributed by atoms with E-state index in [9.17, 15) is 4.79 Å². The van der Waals surface area contributed by atoms with Gasteiger partial charge in [-0.1, -0.05) is 5.16 Å². The van der Waals surface area contributed by atoms with Gasteiger partial charge in [-0.3, -0.25) is 4.79 Å². The Kier molecular flexibility index (Phi) is 5.62. The van der Waals surface area contributed by atoms with Gasteiger partial charge >= 0.3 is 0 Å². The van der Waals surface area contributed by atoms with Crippen LogP contribution in [0.15, 0.2) is 21.3 Å². The van der Waals surface area contributed by atoms with Gasteiger partial charge in [0.15, 0.2) is 11.5 Å². The normalized spacial score (nSPS) is 13.7. The fraction of sp³-hybridized carbons (Fsp3) is 0.286. The zero-order valence-electron chi connectivity index (χ0n) is 7.39. The summed E-state index contributed by atoms with van der Waals surface area (Å²) in [5.74, 6) is -0.367. The number of hydrogen-bond donors (Lipinski definition) is 2. The average Bonchev–Trinajstić information content (AvgIpc) is 2.05. The molecule has 0 spiro atoms. The number of carbonyl (C=O) groups excluding carboxylic acids is 1. The predicted molar refractivity (Wildman–Crippen MR) is 54.2 cm³/mol. The van der Waals surface area contributed by atoms with E-state index in [4.69, 9.17) is 10.9 Å². The van der Waals surface area contributed by atoms with Crippen LogP contribution in [0.3, 0.4) is 0 Å². The van der Waals surface area contributed by atoms with Crippen LogP contribution in [0.25, 0.3) is 0 Å². The molecule has 0 rings (SSSR count). The second kappa shape index (κ2) is 6.24. The molecule has 0 aromatic rings. The van der Waals surface area contributed by atoms with Crippen molar-refractivity contribution in [3.05, 3.63) is 11.1 Å². The highest BCUT2D eigenvalue weighted by Crippen LogP contribution is 2.07. The van der Waals surface area contributed by atoms with Gasteiger partial charge in [-0.15, -0.1) is 11.8 Å². The zero-order chi connectivity index (χ0) is 10.3. The van der Waals surface area contributed by atoms with Crippen molar-refractivity contribution >= 4 is 29.6 Å². The van der Waals surface area contributed by atoms with Crippen molar-refractivity contribution in [1.29, 1.82) is 0 Å². The van der Waals surface area contributed by atoms with Crippen molar-refractivity contribution in [2.75, 3.05) is 6.26 Å². The lowest BCUT2D eigenvalue weighted by atomic mass is 10.2. The first kappa shape index (κ1) is 11.7. The van der Waals surface area contributed by atoms with E-state index < -0.39 is 0 Å². The van der Waals surface area contributed by atoms with Crippen LogP contribution in [0.4, 0.5) is 0 Å². The molecule has 5 nitrogen and oxygen atoms in total. The molecule has 0 radical (unpaired) electrons. The smallest absolute Gasteiger partial charge is 0.183 e. The highest BCUT2D eigenvalue weighted by atomic mass is 32.2. The van der Waals surface area contributed by atoms with Gasteiger partial charge in [0.2, 0.25) is 0 Å². The Morgan fingerprint density at radius 1 is 1.62 bits per heavy atom. The molecule has 0 aromatic carbocycles. The molecule has 13 heavy (non-hydrogen) atoms. The van der Waals surface area contributed by atoms with Crippen molar-refractivity contribution in [3.63, 3.8) is 0 Å². The Bertz CT molecular complexity index is 271. The van der Waals surface area contributed by atoms with Crippen LogP contribution in [0.2, 0.25) is 0 Å². The summed E-state index contributed by atoms with van der Waals surface area (Å²) in [4.78, 5) is 14.6. The molecule has 0 aliphatic carbocycles. The maximum Gasteiger partial charge on any atom is 0.183 e. The third kappa shape index (κ3) is 3.75. The third-order valence-corrected chi connectivity index (χ3v) is 1.58. The highest BCUT2D eigenvalue weighted by Gasteiger charge is 2.11. The summed E-state index contributed by atoms with van der Waals surface area (Å²) < 4.78 is 0. The van der Waals surface area contributed by atoms with E-state index in [1.807, 2.05) is 0 Å². The first-order chi connectivity index (χ1) is 6.17. The monoisotopic (exact) mass is 201 g/mol. The van der Waals surface area contributed by atoms with Crippen LogP contribution in [-0.4, -0.2) is 29.3 Å². The van der Waals surface area contributed by atoms with Crippen LogP contribution < -0.4 is 5.73 Å². The maximum atomic E-state index is 10.9. The molecule has 0 fully saturated rings. The highest BCUT2D eigenvalue weighted by molar-refractivity contribution is 8.01. The molecule has 6 heteroatoms. The van der Waals surface area contributed by atoms with E-state index in [0.717, 1.165) is 6.34 Å². The summed E-state index contributed by atoms with van der Waals surface area (Å²) in [5, 5.41) is 12.9. The van der Waals surface area contributed by atoms with Gasteiger partial charge in [0.1, 0.15) is 5.70 Å². The average molecular weight is 201 g/mol. The Balaban J connectivity index is 4.93. The lowest BCUT2D eigenvalue weighted by Crippen LogP contribution is -2.12. The predicted octanol–water partition coefficient (Wildman–Crippen LogP) is 0.597. The van der Waals surface area contributed by atoms with Gasteiger partial charge in [0, 0.05) is 6.92 Å². The van der Waals surface area contributed by atoms with Crippen LogP contribution in [0.5, 0.6) is 0 Å². The molecule has 0 heterocycles. The van der Waals surface area contributed by atoms with Gasteiger partial charge in [-0.05, 0) is 11.7 Å². The number of rotatable bonds is 4. The minimum Gasteiger partial charge on any atom is -0.410 e. The SMILES string of the molecule is CS/C=C(N=CN)/C(=N/O)C(C)=O. The molecule has 0 aromatic heterocycles. The Labute approximate surface area is 80.4 Å². The van der Waals surface area contributed by atoms with Crippen LogP contribution >= 0.6 is 11.8 Å². The number of nitrogens with zero attached hydrogens (tertiary/aromatic N) is 2. The zero-order valence-corrected chi connectivity index (χ0v) is 8.21. The molecule has 0 bridgehead atoms. The number of nitrogens with two attached hydrogens (primary N) is 1. The van der Waals surface area contributed by atoms with E-state index in [2.05, 4.69) is 10.1 Å². The van der Waals surface area contributed by atoms with E-state index in [-0.39, 0.29) is 17.2 Å². The topological polar surface area (TPSA) is 88.0 Å². The van der Waals surface area contributed by atoms with E-state index >= 15 is 0 Å². The molecular formula is C7H11N3O2S. The van der Waals surface area contributed by atoms with Gasteiger partial charge in [-0.25, -0.2) is 4.99 Å². The summed E-state index contributed by atoms with van der Waals surface area (Å²) in [5.41, 5.74) is 5.22. The van der Waals surface area contributed by atoms with Crippen LogP contribution in [-0.2, 0) is 4.79 Å². The largest absolute Gasteiger partial charge is 0.410 e. The molecule has 72 valence electrons. The number of Topliss-reactive ketones (excluding diaryl/α,β-unsaturated/α-hetero) is 1. The van der Waals surface area contributed by atoms with Crippen molar-refractivity contribution in [2.45, 2.75) is 6.92 Å². The van der Waals surface area contributed by atoms with Gasteiger partial charge < -0.3 is 10.9 Å². The molecule has 0 aliphatic heterocycles. The second-order valence-corrected chi connectivity index (χ2v) is 2.73. The Hall–Kier alpha value is -1.30.